The maximum Gasteiger partial charge on any atom is 0.354 e. The van der Waals surface area contributed by atoms with Crippen molar-refractivity contribution in [3.63, 3.8) is 0 Å². The SMILES string of the molecule is O=C(O)c1cncn1-c1ccc(Oc2ccccc2)cc1. The Morgan fingerprint density at radius 3 is 2.33 bits per heavy atom. The number of ether oxygens (including phenoxy) is 1. The highest BCUT2D eigenvalue weighted by atomic mass is 16.5. The average molecular weight is 280 g/mol. The lowest BCUT2D eigenvalue weighted by atomic mass is 10.3. The van der Waals surface area contributed by atoms with Crippen molar-refractivity contribution in [1.29, 1.82) is 0 Å². The molecule has 5 heteroatoms. The molecule has 1 heterocycles. The Morgan fingerprint density at radius 1 is 1.00 bits per heavy atom. The van der Waals surface area contributed by atoms with Crippen molar-refractivity contribution in [3.8, 4) is 17.2 Å². The minimum absolute atomic E-state index is 0.117. The molecule has 1 aromatic heterocycles. The third kappa shape index (κ3) is 2.76. The van der Waals surface area contributed by atoms with E-state index in [9.17, 15) is 4.79 Å². The molecule has 0 saturated heterocycles. The number of aromatic nitrogens is 2. The second-order valence-electron chi connectivity index (χ2n) is 4.36. The fourth-order valence-corrected chi connectivity index (χ4v) is 1.96. The summed E-state index contributed by atoms with van der Waals surface area (Å²) < 4.78 is 7.20. The molecule has 0 radical (unpaired) electrons. The maximum atomic E-state index is 11.1. The lowest BCUT2D eigenvalue weighted by Crippen LogP contribution is -2.05. The first kappa shape index (κ1) is 12.9. The highest BCUT2D eigenvalue weighted by Gasteiger charge is 2.11. The Kier molecular flexibility index (Phi) is 3.39. The molecule has 0 amide bonds. The zero-order valence-electron chi connectivity index (χ0n) is 11.0. The van der Waals surface area contributed by atoms with Gasteiger partial charge in [-0.25, -0.2) is 9.78 Å². The predicted octanol–water partition coefficient (Wildman–Crippen LogP) is 3.36. The average Bonchev–Trinajstić information content (AvgIpc) is 2.99. The predicted molar refractivity (Wildman–Crippen MR) is 77.0 cm³/mol. The van der Waals surface area contributed by atoms with Crippen LogP contribution in [0.15, 0.2) is 67.1 Å². The minimum Gasteiger partial charge on any atom is -0.477 e. The quantitative estimate of drug-likeness (QED) is 0.795. The number of rotatable bonds is 4. The number of carboxylic acids is 1. The summed E-state index contributed by atoms with van der Waals surface area (Å²) in [6.45, 7) is 0. The molecule has 2 aromatic carbocycles. The molecule has 5 nitrogen and oxygen atoms in total. The van der Waals surface area contributed by atoms with E-state index in [1.54, 1.807) is 24.3 Å². The number of hydrogen-bond donors (Lipinski definition) is 1. The first-order chi connectivity index (χ1) is 10.2. The van der Waals surface area contributed by atoms with Crippen LogP contribution in [-0.4, -0.2) is 20.6 Å². The molecular weight excluding hydrogens is 268 g/mol. The molecule has 3 aromatic rings. The third-order valence-electron chi connectivity index (χ3n) is 2.95. The van der Waals surface area contributed by atoms with E-state index >= 15 is 0 Å². The smallest absolute Gasteiger partial charge is 0.354 e. The van der Waals surface area contributed by atoms with Gasteiger partial charge in [0.1, 0.15) is 11.5 Å². The van der Waals surface area contributed by atoms with Crippen molar-refractivity contribution in [3.05, 3.63) is 72.8 Å². The monoisotopic (exact) mass is 280 g/mol. The minimum atomic E-state index is -1.02. The highest BCUT2D eigenvalue weighted by Crippen LogP contribution is 2.22. The van der Waals surface area contributed by atoms with Gasteiger partial charge in [-0.2, -0.15) is 0 Å². The van der Waals surface area contributed by atoms with E-state index in [0.717, 1.165) is 5.75 Å². The Labute approximate surface area is 121 Å². The van der Waals surface area contributed by atoms with Crippen molar-refractivity contribution in [2.24, 2.45) is 0 Å². The molecular formula is C16H12N2O3. The lowest BCUT2D eigenvalue weighted by Gasteiger charge is -2.08. The summed E-state index contributed by atoms with van der Waals surface area (Å²) in [6.07, 6.45) is 2.78. The van der Waals surface area contributed by atoms with Crippen LogP contribution in [-0.2, 0) is 0 Å². The van der Waals surface area contributed by atoms with Gasteiger partial charge in [-0.15, -0.1) is 0 Å². The summed E-state index contributed by atoms with van der Waals surface area (Å²) in [5.74, 6) is 0.415. The standard InChI is InChI=1S/C16H12N2O3/c19-16(20)15-10-17-11-18(15)12-6-8-14(9-7-12)21-13-4-2-1-3-5-13/h1-11H,(H,19,20). The van der Waals surface area contributed by atoms with E-state index in [0.29, 0.717) is 11.4 Å². The van der Waals surface area contributed by atoms with Crippen LogP contribution in [0.1, 0.15) is 10.5 Å². The second-order valence-corrected chi connectivity index (χ2v) is 4.36. The van der Waals surface area contributed by atoms with E-state index in [1.165, 1.54) is 17.1 Å². The van der Waals surface area contributed by atoms with Gasteiger partial charge in [0.2, 0.25) is 0 Å². The van der Waals surface area contributed by atoms with Gasteiger partial charge in [0.15, 0.2) is 5.69 Å². The number of benzene rings is 2. The van der Waals surface area contributed by atoms with Gasteiger partial charge in [0.25, 0.3) is 0 Å². The summed E-state index contributed by atoms with van der Waals surface area (Å²) >= 11 is 0. The van der Waals surface area contributed by atoms with Gasteiger partial charge in [0.05, 0.1) is 12.5 Å². The second kappa shape index (κ2) is 5.50. The molecule has 104 valence electrons. The van der Waals surface area contributed by atoms with Gasteiger partial charge in [-0.05, 0) is 36.4 Å². The van der Waals surface area contributed by atoms with Gasteiger partial charge >= 0.3 is 5.97 Å². The summed E-state index contributed by atoms with van der Waals surface area (Å²) in [5.41, 5.74) is 0.831. The fourth-order valence-electron chi connectivity index (χ4n) is 1.96. The molecule has 0 saturated carbocycles. The molecule has 21 heavy (non-hydrogen) atoms. The molecule has 0 aliphatic carbocycles. The molecule has 0 aliphatic rings. The molecule has 3 rings (SSSR count). The van der Waals surface area contributed by atoms with E-state index in [-0.39, 0.29) is 5.69 Å². The number of nitrogens with zero attached hydrogens (tertiary/aromatic N) is 2. The van der Waals surface area contributed by atoms with Gasteiger partial charge < -0.3 is 9.84 Å². The number of carbonyl (C=O) groups is 1. The van der Waals surface area contributed by atoms with Crippen LogP contribution in [0, 0.1) is 0 Å². The molecule has 0 atom stereocenters. The number of aromatic carboxylic acids is 1. The first-order valence-corrected chi connectivity index (χ1v) is 6.33. The summed E-state index contributed by atoms with van der Waals surface area (Å²) in [4.78, 5) is 14.9. The Balaban J connectivity index is 1.84. The summed E-state index contributed by atoms with van der Waals surface area (Å²) in [7, 11) is 0. The lowest BCUT2D eigenvalue weighted by molar-refractivity contribution is 0.0688. The number of imidazole rings is 1. The fraction of sp³-hybridized carbons (Fsp3) is 0. The first-order valence-electron chi connectivity index (χ1n) is 6.33. The van der Waals surface area contributed by atoms with Crippen LogP contribution >= 0.6 is 0 Å². The zero-order chi connectivity index (χ0) is 14.7. The number of hydrogen-bond acceptors (Lipinski definition) is 3. The van der Waals surface area contributed by atoms with Crippen molar-refractivity contribution < 1.29 is 14.6 Å². The van der Waals surface area contributed by atoms with Crippen LogP contribution in [0.4, 0.5) is 0 Å². The molecule has 1 N–H and O–H groups in total. The van der Waals surface area contributed by atoms with Gasteiger partial charge in [-0.3, -0.25) is 4.57 Å². The summed E-state index contributed by atoms with van der Waals surface area (Å²) in [6, 6.07) is 16.6. The van der Waals surface area contributed by atoms with Crippen molar-refractivity contribution in [2.75, 3.05) is 0 Å². The molecule has 0 fully saturated rings. The van der Waals surface area contributed by atoms with Crippen LogP contribution in [0.2, 0.25) is 0 Å². The van der Waals surface area contributed by atoms with E-state index in [1.807, 2.05) is 30.3 Å². The Hall–Kier alpha value is -3.08. The molecule has 0 aliphatic heterocycles. The zero-order valence-corrected chi connectivity index (χ0v) is 11.0. The highest BCUT2D eigenvalue weighted by molar-refractivity contribution is 5.86. The van der Waals surface area contributed by atoms with E-state index < -0.39 is 5.97 Å². The topological polar surface area (TPSA) is 64.3 Å². The maximum absolute atomic E-state index is 11.1. The molecule has 0 spiro atoms. The Bertz CT molecular complexity index is 749. The van der Waals surface area contributed by atoms with Crippen LogP contribution in [0.3, 0.4) is 0 Å². The van der Waals surface area contributed by atoms with E-state index in [4.69, 9.17) is 9.84 Å². The molecule has 0 unspecified atom stereocenters. The molecule has 0 bridgehead atoms. The van der Waals surface area contributed by atoms with Crippen LogP contribution in [0.25, 0.3) is 5.69 Å². The van der Waals surface area contributed by atoms with Crippen LogP contribution < -0.4 is 4.74 Å². The van der Waals surface area contributed by atoms with Crippen molar-refractivity contribution in [2.45, 2.75) is 0 Å². The summed E-state index contributed by atoms with van der Waals surface area (Å²) in [5, 5.41) is 9.08. The van der Waals surface area contributed by atoms with Gasteiger partial charge in [-0.1, -0.05) is 18.2 Å². The number of para-hydroxylation sites is 1. The largest absolute Gasteiger partial charge is 0.477 e. The van der Waals surface area contributed by atoms with Crippen molar-refractivity contribution >= 4 is 5.97 Å². The van der Waals surface area contributed by atoms with E-state index in [2.05, 4.69) is 4.98 Å². The normalized spacial score (nSPS) is 10.3. The Morgan fingerprint density at radius 2 is 1.67 bits per heavy atom. The number of carboxylic acid groups (broad SMARTS) is 1. The van der Waals surface area contributed by atoms with Crippen molar-refractivity contribution in [1.82, 2.24) is 9.55 Å². The third-order valence-corrected chi connectivity index (χ3v) is 2.95. The van der Waals surface area contributed by atoms with Crippen LogP contribution in [0.5, 0.6) is 11.5 Å². The van der Waals surface area contributed by atoms with Gasteiger partial charge in [0, 0.05) is 5.69 Å².